The van der Waals surface area contributed by atoms with Crippen LogP contribution in [0.5, 0.6) is 0 Å². The normalized spacial score (nSPS) is 10.8. The Hall–Kier alpha value is -3.32. The number of halogens is 1. The van der Waals surface area contributed by atoms with Crippen LogP contribution in [0.3, 0.4) is 0 Å². The summed E-state index contributed by atoms with van der Waals surface area (Å²) in [5.41, 5.74) is 3.30. The minimum Gasteiger partial charge on any atom is -0.396 e. The van der Waals surface area contributed by atoms with Gasteiger partial charge in [0.15, 0.2) is 0 Å². The molecule has 1 heterocycles. The summed E-state index contributed by atoms with van der Waals surface area (Å²) in [6, 6.07) is 11.4. The van der Waals surface area contributed by atoms with Crippen molar-refractivity contribution in [1.29, 1.82) is 0 Å². The monoisotopic (exact) mass is 409 g/mol. The van der Waals surface area contributed by atoms with Gasteiger partial charge in [-0.15, -0.1) is 0 Å². The third kappa shape index (κ3) is 4.63. The van der Waals surface area contributed by atoms with E-state index in [9.17, 15) is 19.1 Å². The fourth-order valence-corrected chi connectivity index (χ4v) is 3.30. The third-order valence-electron chi connectivity index (χ3n) is 4.88. The molecule has 2 N–H and O–H groups in total. The molecule has 0 bridgehead atoms. The smallest absolute Gasteiger partial charge is 0.257 e. The Morgan fingerprint density at radius 1 is 1.17 bits per heavy atom. The highest BCUT2D eigenvalue weighted by molar-refractivity contribution is 5.91. The molecule has 30 heavy (non-hydrogen) atoms. The van der Waals surface area contributed by atoms with E-state index in [1.165, 1.54) is 22.8 Å². The number of amides is 1. The summed E-state index contributed by atoms with van der Waals surface area (Å²) in [5, 5.41) is 12.1. The van der Waals surface area contributed by atoms with Gasteiger partial charge in [-0.25, -0.2) is 9.37 Å². The Labute approximate surface area is 174 Å². The number of nitrogens with zero attached hydrogens (tertiary/aromatic N) is 2. The van der Waals surface area contributed by atoms with Crippen molar-refractivity contribution in [2.24, 2.45) is 0 Å². The second-order valence-electron chi connectivity index (χ2n) is 7.24. The van der Waals surface area contributed by atoms with E-state index in [0.717, 1.165) is 11.1 Å². The molecule has 1 aromatic heterocycles. The number of nitrogens with one attached hydrogen (secondary N) is 1. The molecule has 7 heteroatoms. The summed E-state index contributed by atoms with van der Waals surface area (Å²) >= 11 is 0. The van der Waals surface area contributed by atoms with Crippen LogP contribution in [0.15, 0.2) is 47.3 Å². The first-order valence-corrected chi connectivity index (χ1v) is 9.64. The maximum atomic E-state index is 13.8. The summed E-state index contributed by atoms with van der Waals surface area (Å²) in [6.45, 7) is 4.96. The molecule has 0 saturated carbocycles. The zero-order valence-corrected chi connectivity index (χ0v) is 17.2. The molecule has 0 aliphatic rings. The van der Waals surface area contributed by atoms with Gasteiger partial charge in [0.05, 0.1) is 0 Å². The summed E-state index contributed by atoms with van der Waals surface area (Å²) in [6.07, 6.45) is 0.125. The fraction of sp³-hybridized carbons (Fsp3) is 0.261. The van der Waals surface area contributed by atoms with Gasteiger partial charge in [-0.2, -0.15) is 0 Å². The summed E-state index contributed by atoms with van der Waals surface area (Å²) < 4.78 is 15.0. The molecule has 156 valence electrons. The lowest BCUT2D eigenvalue weighted by Crippen LogP contribution is -2.33. The minimum absolute atomic E-state index is 0.125. The number of aryl methyl sites for hydroxylation is 3. The SMILES string of the molecule is Cc1ccc(C)c(NC(=O)Cn2c(-c3cccc(F)c3)nc(C)c(CCO)c2=O)c1. The molecule has 0 aliphatic heterocycles. The molecule has 1 amide bonds. The molecular weight excluding hydrogens is 385 g/mol. The summed E-state index contributed by atoms with van der Waals surface area (Å²) in [5.74, 6) is -0.663. The first kappa shape index (κ1) is 21.4. The van der Waals surface area contributed by atoms with Crippen molar-refractivity contribution in [2.75, 3.05) is 11.9 Å². The lowest BCUT2D eigenvalue weighted by molar-refractivity contribution is -0.116. The van der Waals surface area contributed by atoms with Gasteiger partial charge in [0.25, 0.3) is 5.56 Å². The number of benzene rings is 2. The summed E-state index contributed by atoms with van der Waals surface area (Å²) in [7, 11) is 0. The van der Waals surface area contributed by atoms with Gasteiger partial charge < -0.3 is 10.4 Å². The first-order chi connectivity index (χ1) is 14.3. The van der Waals surface area contributed by atoms with Gasteiger partial charge in [0.2, 0.25) is 5.91 Å². The first-order valence-electron chi connectivity index (χ1n) is 9.64. The standard InChI is InChI=1S/C23H24FN3O3/c1-14-7-8-15(2)20(11-14)26-21(29)13-27-22(17-5-4-6-18(24)12-17)25-16(3)19(9-10-28)23(27)30/h4-8,11-12,28H,9-10,13H2,1-3H3,(H,26,29). The van der Waals surface area contributed by atoms with Gasteiger partial charge in [-0.3, -0.25) is 14.2 Å². The maximum Gasteiger partial charge on any atom is 0.257 e. The van der Waals surface area contributed by atoms with E-state index in [2.05, 4.69) is 10.3 Å². The molecule has 0 saturated heterocycles. The molecule has 0 unspecified atom stereocenters. The number of aromatic nitrogens is 2. The van der Waals surface area contributed by atoms with Crippen LogP contribution in [-0.4, -0.2) is 27.2 Å². The van der Waals surface area contributed by atoms with Crippen LogP contribution in [0.2, 0.25) is 0 Å². The van der Waals surface area contributed by atoms with E-state index in [1.807, 2.05) is 32.0 Å². The maximum absolute atomic E-state index is 13.8. The molecular formula is C23H24FN3O3. The molecule has 0 atom stereocenters. The van der Waals surface area contributed by atoms with Crippen LogP contribution in [-0.2, 0) is 17.8 Å². The Morgan fingerprint density at radius 3 is 2.63 bits per heavy atom. The fourth-order valence-electron chi connectivity index (χ4n) is 3.30. The van der Waals surface area contributed by atoms with Crippen LogP contribution < -0.4 is 10.9 Å². The van der Waals surface area contributed by atoms with Crippen LogP contribution in [0.25, 0.3) is 11.4 Å². The van der Waals surface area contributed by atoms with Crippen LogP contribution >= 0.6 is 0 Å². The van der Waals surface area contributed by atoms with Gasteiger partial charge >= 0.3 is 0 Å². The molecule has 0 fully saturated rings. The van der Waals surface area contributed by atoms with Crippen LogP contribution in [0.1, 0.15) is 22.4 Å². The van der Waals surface area contributed by atoms with E-state index in [1.54, 1.807) is 13.0 Å². The van der Waals surface area contributed by atoms with E-state index >= 15 is 0 Å². The number of aliphatic hydroxyl groups excluding tert-OH is 1. The highest BCUT2D eigenvalue weighted by Crippen LogP contribution is 2.20. The highest BCUT2D eigenvalue weighted by atomic mass is 19.1. The third-order valence-corrected chi connectivity index (χ3v) is 4.88. The average Bonchev–Trinajstić information content (AvgIpc) is 2.70. The lowest BCUT2D eigenvalue weighted by atomic mass is 10.1. The Bertz CT molecular complexity index is 1150. The van der Waals surface area contributed by atoms with Crippen LogP contribution in [0, 0.1) is 26.6 Å². The molecule has 6 nitrogen and oxygen atoms in total. The van der Waals surface area contributed by atoms with E-state index in [0.29, 0.717) is 22.5 Å². The van der Waals surface area contributed by atoms with E-state index in [-0.39, 0.29) is 25.4 Å². The largest absolute Gasteiger partial charge is 0.396 e. The number of rotatable bonds is 6. The van der Waals surface area contributed by atoms with Gasteiger partial charge in [-0.05, 0) is 50.1 Å². The lowest BCUT2D eigenvalue weighted by Gasteiger charge is -2.16. The number of aliphatic hydroxyl groups is 1. The van der Waals surface area contributed by atoms with Crippen molar-refractivity contribution >= 4 is 11.6 Å². The molecule has 3 aromatic rings. The number of carbonyl (C=O) groups excluding carboxylic acids is 1. The van der Waals surface area contributed by atoms with Crippen molar-refractivity contribution in [2.45, 2.75) is 33.7 Å². The van der Waals surface area contributed by atoms with Gasteiger partial charge in [0, 0.05) is 35.5 Å². The zero-order valence-electron chi connectivity index (χ0n) is 17.2. The topological polar surface area (TPSA) is 84.2 Å². The molecule has 2 aromatic carbocycles. The Kier molecular flexibility index (Phi) is 6.42. The average molecular weight is 409 g/mol. The van der Waals surface area contributed by atoms with Crippen molar-refractivity contribution < 1.29 is 14.3 Å². The van der Waals surface area contributed by atoms with Crippen molar-refractivity contribution in [1.82, 2.24) is 9.55 Å². The molecule has 0 radical (unpaired) electrons. The van der Waals surface area contributed by atoms with Crippen molar-refractivity contribution in [3.63, 3.8) is 0 Å². The summed E-state index contributed by atoms with van der Waals surface area (Å²) in [4.78, 5) is 30.3. The van der Waals surface area contributed by atoms with Crippen molar-refractivity contribution in [3.05, 3.63) is 81.0 Å². The zero-order chi connectivity index (χ0) is 21.8. The van der Waals surface area contributed by atoms with Gasteiger partial charge in [-0.1, -0.05) is 24.3 Å². The number of hydrogen-bond acceptors (Lipinski definition) is 4. The second kappa shape index (κ2) is 9.00. The molecule has 0 spiro atoms. The Balaban J connectivity index is 2.05. The van der Waals surface area contributed by atoms with E-state index < -0.39 is 17.3 Å². The van der Waals surface area contributed by atoms with Crippen molar-refractivity contribution in [3.8, 4) is 11.4 Å². The molecule has 3 rings (SSSR count). The number of carbonyl (C=O) groups is 1. The quantitative estimate of drug-likeness (QED) is 0.655. The number of anilines is 1. The second-order valence-corrected chi connectivity index (χ2v) is 7.24. The highest BCUT2D eigenvalue weighted by Gasteiger charge is 2.18. The number of hydrogen-bond donors (Lipinski definition) is 2. The Morgan fingerprint density at radius 2 is 1.93 bits per heavy atom. The molecule has 0 aliphatic carbocycles. The van der Waals surface area contributed by atoms with E-state index in [4.69, 9.17) is 0 Å². The predicted molar refractivity (Wildman–Crippen MR) is 114 cm³/mol. The van der Waals surface area contributed by atoms with Crippen LogP contribution in [0.4, 0.5) is 10.1 Å². The predicted octanol–water partition coefficient (Wildman–Crippen LogP) is 3.15. The van der Waals surface area contributed by atoms with Gasteiger partial charge in [0.1, 0.15) is 18.2 Å². The minimum atomic E-state index is -0.467.